The van der Waals surface area contributed by atoms with Crippen LogP contribution in [0.1, 0.15) is 0 Å². The zero-order valence-corrected chi connectivity index (χ0v) is 22.0. The van der Waals surface area contributed by atoms with Gasteiger partial charge < -0.3 is 0 Å². The molecule has 0 fully saturated rings. The maximum absolute atomic E-state index is 2.39. The van der Waals surface area contributed by atoms with Crippen LogP contribution in [0.5, 0.6) is 0 Å². The summed E-state index contributed by atoms with van der Waals surface area (Å²) in [5.41, 5.74) is 7.51. The Morgan fingerprint density at radius 3 is 1.48 bits per heavy atom. The second-order valence-electron chi connectivity index (χ2n) is 10.6. The Kier molecular flexibility index (Phi) is 5.24. The summed E-state index contributed by atoms with van der Waals surface area (Å²) >= 11 is 0. The monoisotopic (exact) mass is 506 g/mol. The van der Waals surface area contributed by atoms with Gasteiger partial charge in [-0.05, 0) is 101 Å². The van der Waals surface area contributed by atoms with Crippen LogP contribution < -0.4 is 0 Å². The number of benzene rings is 8. The van der Waals surface area contributed by atoms with Crippen LogP contribution in [-0.4, -0.2) is 0 Å². The Morgan fingerprint density at radius 2 is 0.725 bits per heavy atom. The van der Waals surface area contributed by atoms with Crippen molar-refractivity contribution in [1.29, 1.82) is 0 Å². The van der Waals surface area contributed by atoms with Gasteiger partial charge in [-0.3, -0.25) is 0 Å². The predicted octanol–water partition coefficient (Wildman–Crippen LogP) is 11.3. The van der Waals surface area contributed by atoms with Crippen LogP contribution in [0.2, 0.25) is 0 Å². The number of fused-ring (bicyclic) bond motifs is 4. The van der Waals surface area contributed by atoms with Gasteiger partial charge in [0.15, 0.2) is 0 Å². The lowest BCUT2D eigenvalue weighted by Crippen LogP contribution is -1.89. The summed E-state index contributed by atoms with van der Waals surface area (Å²) in [5.74, 6) is 0. The molecule has 0 saturated heterocycles. The van der Waals surface area contributed by atoms with Gasteiger partial charge in [-0.25, -0.2) is 0 Å². The van der Waals surface area contributed by atoms with Crippen molar-refractivity contribution in [3.63, 3.8) is 0 Å². The van der Waals surface area contributed by atoms with E-state index in [1.165, 1.54) is 76.5 Å². The predicted molar refractivity (Wildman–Crippen MR) is 173 cm³/mol. The van der Waals surface area contributed by atoms with Crippen molar-refractivity contribution < 1.29 is 0 Å². The average molecular weight is 507 g/mol. The van der Waals surface area contributed by atoms with E-state index < -0.39 is 0 Å². The SMILES string of the molecule is c1ccc2cc(-c3ccc4c(-c5cccc6ccccc56)cc(-c5cccc6ccccc56)cc4c3)ccc2c1. The van der Waals surface area contributed by atoms with Crippen LogP contribution in [0, 0.1) is 0 Å². The molecule has 0 radical (unpaired) electrons. The van der Waals surface area contributed by atoms with Crippen molar-refractivity contribution in [2.24, 2.45) is 0 Å². The first-order chi connectivity index (χ1) is 19.8. The number of hydrogen-bond donors (Lipinski definition) is 0. The average Bonchev–Trinajstić information content (AvgIpc) is 3.03. The summed E-state index contributed by atoms with van der Waals surface area (Å²) in [6.45, 7) is 0. The highest BCUT2D eigenvalue weighted by atomic mass is 14.2. The van der Waals surface area contributed by atoms with Crippen LogP contribution in [0.15, 0.2) is 158 Å². The van der Waals surface area contributed by atoms with E-state index in [2.05, 4.69) is 158 Å². The Bertz CT molecular complexity index is 2210. The first kappa shape index (κ1) is 22.8. The molecule has 0 heterocycles. The third-order valence-electron chi connectivity index (χ3n) is 8.22. The highest BCUT2D eigenvalue weighted by molar-refractivity contribution is 6.09. The molecule has 0 nitrogen and oxygen atoms in total. The minimum absolute atomic E-state index is 1.23. The van der Waals surface area contributed by atoms with Gasteiger partial charge in [0.05, 0.1) is 0 Å². The quantitative estimate of drug-likeness (QED) is 0.223. The number of rotatable bonds is 3. The van der Waals surface area contributed by atoms with Gasteiger partial charge in [-0.15, -0.1) is 0 Å². The Labute approximate surface area is 233 Å². The van der Waals surface area contributed by atoms with Gasteiger partial charge in [0.25, 0.3) is 0 Å². The molecule has 0 saturated carbocycles. The van der Waals surface area contributed by atoms with Crippen molar-refractivity contribution in [3.05, 3.63) is 158 Å². The first-order valence-corrected chi connectivity index (χ1v) is 13.9. The lowest BCUT2D eigenvalue weighted by atomic mass is 9.88. The molecule has 0 aliphatic heterocycles. The van der Waals surface area contributed by atoms with Crippen LogP contribution in [0.25, 0.3) is 76.5 Å². The fourth-order valence-corrected chi connectivity index (χ4v) is 6.23. The molecule has 8 aromatic carbocycles. The molecule has 0 spiro atoms. The molecule has 0 unspecified atom stereocenters. The van der Waals surface area contributed by atoms with Gasteiger partial charge in [-0.1, -0.05) is 133 Å². The topological polar surface area (TPSA) is 0 Å². The van der Waals surface area contributed by atoms with E-state index in [1.807, 2.05) is 0 Å². The Hall–Kier alpha value is -5.20. The molecule has 0 aliphatic rings. The molecule has 40 heavy (non-hydrogen) atoms. The molecule has 0 aromatic heterocycles. The molecule has 0 bridgehead atoms. The van der Waals surface area contributed by atoms with Crippen LogP contribution >= 0.6 is 0 Å². The molecule has 0 N–H and O–H groups in total. The van der Waals surface area contributed by atoms with Gasteiger partial charge in [-0.2, -0.15) is 0 Å². The zero-order valence-electron chi connectivity index (χ0n) is 22.0. The fourth-order valence-electron chi connectivity index (χ4n) is 6.23. The second-order valence-corrected chi connectivity index (χ2v) is 10.6. The second kappa shape index (κ2) is 9.22. The van der Waals surface area contributed by atoms with E-state index in [0.717, 1.165) is 0 Å². The van der Waals surface area contributed by atoms with Crippen LogP contribution in [0.4, 0.5) is 0 Å². The Morgan fingerprint density at radius 1 is 0.225 bits per heavy atom. The van der Waals surface area contributed by atoms with E-state index in [-0.39, 0.29) is 0 Å². The summed E-state index contributed by atoms with van der Waals surface area (Å²) in [5, 5.41) is 10.1. The third-order valence-corrected chi connectivity index (χ3v) is 8.22. The van der Waals surface area contributed by atoms with E-state index in [1.54, 1.807) is 0 Å². The summed E-state index contributed by atoms with van der Waals surface area (Å²) in [7, 11) is 0. The molecule has 0 aliphatic carbocycles. The van der Waals surface area contributed by atoms with Crippen molar-refractivity contribution >= 4 is 43.1 Å². The lowest BCUT2D eigenvalue weighted by molar-refractivity contribution is 1.64. The molecule has 0 atom stereocenters. The maximum Gasteiger partial charge on any atom is -0.00930 e. The van der Waals surface area contributed by atoms with Gasteiger partial charge >= 0.3 is 0 Å². The molecular weight excluding hydrogens is 480 g/mol. The molecule has 186 valence electrons. The summed E-state index contributed by atoms with van der Waals surface area (Å²) in [4.78, 5) is 0. The van der Waals surface area contributed by atoms with E-state index in [0.29, 0.717) is 0 Å². The van der Waals surface area contributed by atoms with Crippen molar-refractivity contribution in [3.8, 4) is 33.4 Å². The van der Waals surface area contributed by atoms with Crippen molar-refractivity contribution in [2.45, 2.75) is 0 Å². The summed E-state index contributed by atoms with van der Waals surface area (Å²) in [6, 6.07) is 57.7. The molecular formula is C40H26. The molecule has 0 amide bonds. The van der Waals surface area contributed by atoms with Gasteiger partial charge in [0.2, 0.25) is 0 Å². The first-order valence-electron chi connectivity index (χ1n) is 13.9. The Balaban J connectivity index is 1.42. The van der Waals surface area contributed by atoms with E-state index in [9.17, 15) is 0 Å². The fraction of sp³-hybridized carbons (Fsp3) is 0. The third kappa shape index (κ3) is 3.77. The minimum Gasteiger partial charge on any atom is -0.0616 e. The van der Waals surface area contributed by atoms with Crippen LogP contribution in [-0.2, 0) is 0 Å². The largest absolute Gasteiger partial charge is 0.0616 e. The molecule has 8 rings (SSSR count). The smallest absolute Gasteiger partial charge is 0.00930 e. The van der Waals surface area contributed by atoms with Crippen molar-refractivity contribution in [1.82, 2.24) is 0 Å². The summed E-state index contributed by atoms with van der Waals surface area (Å²) in [6.07, 6.45) is 0. The van der Waals surface area contributed by atoms with Gasteiger partial charge in [0, 0.05) is 0 Å². The maximum atomic E-state index is 2.39. The summed E-state index contributed by atoms with van der Waals surface area (Å²) < 4.78 is 0. The minimum atomic E-state index is 1.23. The molecule has 8 aromatic rings. The highest BCUT2D eigenvalue weighted by Crippen LogP contribution is 2.40. The zero-order chi connectivity index (χ0) is 26.5. The highest BCUT2D eigenvalue weighted by Gasteiger charge is 2.13. The lowest BCUT2D eigenvalue weighted by Gasteiger charge is -2.16. The molecule has 0 heteroatoms. The van der Waals surface area contributed by atoms with Crippen LogP contribution in [0.3, 0.4) is 0 Å². The van der Waals surface area contributed by atoms with E-state index >= 15 is 0 Å². The van der Waals surface area contributed by atoms with E-state index in [4.69, 9.17) is 0 Å². The standard InChI is InChI=1S/C40H26/c1-2-12-30-23-31(20-19-27(30)9-1)32-21-22-38-33(24-32)25-34(37-17-7-13-28-10-3-5-15-35(28)37)26-40(38)39-18-8-14-29-11-4-6-16-36(29)39/h1-26H. The van der Waals surface area contributed by atoms with Crippen molar-refractivity contribution in [2.75, 3.05) is 0 Å². The van der Waals surface area contributed by atoms with Gasteiger partial charge in [0.1, 0.15) is 0 Å². The number of hydrogen-bond acceptors (Lipinski definition) is 0. The normalized spacial score (nSPS) is 11.5.